The number of pyridine rings is 2. The first-order valence-electron chi connectivity index (χ1n) is 8.86. The minimum atomic E-state index is -4.30. The first-order valence-corrected chi connectivity index (χ1v) is 10.7. The van der Waals surface area contributed by atoms with Gasteiger partial charge in [0.2, 0.25) is 5.88 Å². The van der Waals surface area contributed by atoms with Crippen LogP contribution in [0.25, 0.3) is 22.0 Å². The predicted octanol–water partition coefficient (Wildman–Crippen LogP) is 5.04. The Morgan fingerprint density at radius 3 is 2.58 bits per heavy atom. The molecule has 1 N–H and O–H groups in total. The average molecular weight is 462 g/mol. The van der Waals surface area contributed by atoms with E-state index in [0.29, 0.717) is 5.52 Å². The number of nitrogens with zero attached hydrogens (tertiary/aromatic N) is 2. The highest BCUT2D eigenvalue weighted by Crippen LogP contribution is 2.35. The number of methoxy groups -OCH3 is 1. The minimum absolute atomic E-state index is 0.0652. The van der Waals surface area contributed by atoms with E-state index in [1.54, 1.807) is 6.07 Å². The molecule has 0 saturated carbocycles. The first kappa shape index (κ1) is 21.0. The molecule has 0 saturated heterocycles. The average Bonchev–Trinajstić information content (AvgIpc) is 2.74. The Bertz CT molecular complexity index is 1410. The van der Waals surface area contributed by atoms with Gasteiger partial charge in [0.05, 0.1) is 23.0 Å². The summed E-state index contributed by atoms with van der Waals surface area (Å²) >= 11 is 6.13. The quantitative estimate of drug-likeness (QED) is 0.450. The van der Waals surface area contributed by atoms with Gasteiger partial charge in [0.1, 0.15) is 22.2 Å². The van der Waals surface area contributed by atoms with Gasteiger partial charge in [-0.3, -0.25) is 9.71 Å². The largest absolute Gasteiger partial charge is 0.480 e. The van der Waals surface area contributed by atoms with E-state index in [-0.39, 0.29) is 33.1 Å². The monoisotopic (exact) mass is 461 g/mol. The van der Waals surface area contributed by atoms with Crippen LogP contribution in [0, 0.1) is 11.6 Å². The van der Waals surface area contributed by atoms with Crippen LogP contribution in [0.3, 0.4) is 0 Å². The van der Waals surface area contributed by atoms with Gasteiger partial charge in [0, 0.05) is 23.5 Å². The van der Waals surface area contributed by atoms with Gasteiger partial charge < -0.3 is 4.74 Å². The van der Waals surface area contributed by atoms with Crippen molar-refractivity contribution in [2.45, 2.75) is 4.90 Å². The lowest BCUT2D eigenvalue weighted by molar-refractivity contribution is 0.400. The fourth-order valence-electron chi connectivity index (χ4n) is 3.09. The van der Waals surface area contributed by atoms with Crippen LogP contribution in [-0.4, -0.2) is 25.5 Å². The SMILES string of the molecule is COc1ncc(-c2ccc3nccc(Cl)c3c2F)cc1NS(=O)(=O)c1ccccc1F. The van der Waals surface area contributed by atoms with Crippen molar-refractivity contribution >= 4 is 38.2 Å². The number of hydrogen-bond donors (Lipinski definition) is 1. The highest BCUT2D eigenvalue weighted by atomic mass is 35.5. The third kappa shape index (κ3) is 3.89. The summed E-state index contributed by atoms with van der Waals surface area (Å²) in [7, 11) is -3.00. The second kappa shape index (κ2) is 8.09. The van der Waals surface area contributed by atoms with Crippen LogP contribution in [0.5, 0.6) is 5.88 Å². The van der Waals surface area contributed by atoms with Crippen LogP contribution in [0.15, 0.2) is 65.8 Å². The Kier molecular flexibility index (Phi) is 5.47. The van der Waals surface area contributed by atoms with Crippen LogP contribution in [-0.2, 0) is 10.0 Å². The third-order valence-electron chi connectivity index (χ3n) is 4.52. The summed E-state index contributed by atoms with van der Waals surface area (Å²) in [5, 5.41) is 0.317. The molecule has 4 aromatic rings. The number of ether oxygens (including phenoxy) is 1. The maximum absolute atomic E-state index is 15.2. The molecule has 2 aromatic heterocycles. The molecule has 10 heteroatoms. The molecule has 0 radical (unpaired) electrons. The number of aromatic nitrogens is 2. The lowest BCUT2D eigenvalue weighted by Crippen LogP contribution is -2.15. The zero-order chi connectivity index (χ0) is 22.2. The topological polar surface area (TPSA) is 81.2 Å². The van der Waals surface area contributed by atoms with E-state index in [2.05, 4.69) is 14.7 Å². The van der Waals surface area contributed by atoms with Crippen LogP contribution >= 0.6 is 11.6 Å². The third-order valence-corrected chi connectivity index (χ3v) is 6.23. The number of nitrogens with one attached hydrogen (secondary N) is 1. The number of halogens is 3. The molecular weight excluding hydrogens is 448 g/mol. The second-order valence-electron chi connectivity index (χ2n) is 6.43. The Morgan fingerprint density at radius 1 is 1.06 bits per heavy atom. The first-order chi connectivity index (χ1) is 14.8. The van der Waals surface area contributed by atoms with Crippen LogP contribution in [0.1, 0.15) is 0 Å². The normalized spacial score (nSPS) is 11.5. The second-order valence-corrected chi connectivity index (χ2v) is 8.49. The van der Waals surface area contributed by atoms with Crippen molar-refractivity contribution in [2.75, 3.05) is 11.8 Å². The van der Waals surface area contributed by atoms with Gasteiger partial charge >= 0.3 is 0 Å². The fraction of sp³-hybridized carbons (Fsp3) is 0.0476. The molecule has 0 bridgehead atoms. The summed E-state index contributed by atoms with van der Waals surface area (Å²) in [6.45, 7) is 0. The number of rotatable bonds is 5. The lowest BCUT2D eigenvalue weighted by Gasteiger charge is -2.14. The molecule has 158 valence electrons. The van der Waals surface area contributed by atoms with Crippen molar-refractivity contribution in [3.63, 3.8) is 0 Å². The molecule has 4 rings (SSSR count). The fourth-order valence-corrected chi connectivity index (χ4v) is 4.45. The van der Waals surface area contributed by atoms with E-state index in [9.17, 15) is 12.8 Å². The van der Waals surface area contributed by atoms with Crippen LogP contribution in [0.4, 0.5) is 14.5 Å². The number of sulfonamides is 1. The smallest absolute Gasteiger partial charge is 0.264 e. The molecule has 0 aliphatic heterocycles. The highest BCUT2D eigenvalue weighted by Gasteiger charge is 2.22. The lowest BCUT2D eigenvalue weighted by atomic mass is 10.0. The van der Waals surface area contributed by atoms with Crippen molar-refractivity contribution in [1.29, 1.82) is 0 Å². The van der Waals surface area contributed by atoms with Gasteiger partial charge in [-0.05, 0) is 36.4 Å². The van der Waals surface area contributed by atoms with Crippen LogP contribution < -0.4 is 9.46 Å². The van der Waals surface area contributed by atoms with E-state index < -0.39 is 26.6 Å². The summed E-state index contributed by atoms with van der Waals surface area (Å²) < 4.78 is 62.0. The molecule has 0 unspecified atom stereocenters. The van der Waals surface area contributed by atoms with Gasteiger partial charge in [-0.2, -0.15) is 0 Å². The summed E-state index contributed by atoms with van der Waals surface area (Å²) in [4.78, 5) is 7.60. The zero-order valence-corrected chi connectivity index (χ0v) is 17.5. The molecule has 0 fully saturated rings. The Balaban J connectivity index is 1.82. The summed E-state index contributed by atoms with van der Waals surface area (Å²) in [5.74, 6) is -1.61. The Hall–Kier alpha value is -3.30. The van der Waals surface area contributed by atoms with Crippen LogP contribution in [0.2, 0.25) is 5.02 Å². The molecule has 2 aromatic carbocycles. The molecule has 0 aliphatic rings. The molecule has 6 nitrogen and oxygen atoms in total. The number of hydrogen-bond acceptors (Lipinski definition) is 5. The van der Waals surface area contributed by atoms with Crippen molar-refractivity contribution in [2.24, 2.45) is 0 Å². The van der Waals surface area contributed by atoms with Crippen molar-refractivity contribution < 1.29 is 21.9 Å². The van der Waals surface area contributed by atoms with Gasteiger partial charge in [-0.25, -0.2) is 22.2 Å². The van der Waals surface area contributed by atoms with E-state index in [1.807, 2.05) is 0 Å². The maximum Gasteiger partial charge on any atom is 0.264 e. The molecular formula is C21H14ClF2N3O3S. The van der Waals surface area contributed by atoms with Gasteiger partial charge in [0.25, 0.3) is 10.0 Å². The van der Waals surface area contributed by atoms with Gasteiger partial charge in [0.15, 0.2) is 0 Å². The van der Waals surface area contributed by atoms with Gasteiger partial charge in [-0.1, -0.05) is 23.7 Å². The van der Waals surface area contributed by atoms with Crippen molar-refractivity contribution in [3.05, 3.63) is 77.6 Å². The number of fused-ring (bicyclic) bond motifs is 1. The van der Waals surface area contributed by atoms with Crippen molar-refractivity contribution in [3.8, 4) is 17.0 Å². The Morgan fingerprint density at radius 2 is 1.84 bits per heavy atom. The number of anilines is 1. The van der Waals surface area contributed by atoms with E-state index >= 15 is 4.39 Å². The maximum atomic E-state index is 15.2. The highest BCUT2D eigenvalue weighted by molar-refractivity contribution is 7.92. The molecule has 0 aliphatic carbocycles. The van der Waals surface area contributed by atoms with Gasteiger partial charge in [-0.15, -0.1) is 0 Å². The van der Waals surface area contributed by atoms with E-state index in [0.717, 1.165) is 12.1 Å². The van der Waals surface area contributed by atoms with E-state index in [1.165, 1.54) is 49.8 Å². The predicted molar refractivity (Wildman–Crippen MR) is 114 cm³/mol. The molecule has 0 spiro atoms. The standard InChI is InChI=1S/C21H14ClF2N3O3S/c1-30-21-17(27-31(28,29)18-5-3-2-4-15(18)23)10-12(11-26-21)13-6-7-16-19(20(13)24)14(22)8-9-25-16/h2-11,27H,1H3. The molecule has 31 heavy (non-hydrogen) atoms. The summed E-state index contributed by atoms with van der Waals surface area (Å²) in [6, 6.07) is 10.8. The zero-order valence-electron chi connectivity index (χ0n) is 15.9. The van der Waals surface area contributed by atoms with Crippen molar-refractivity contribution in [1.82, 2.24) is 9.97 Å². The molecule has 0 amide bonds. The summed E-state index contributed by atoms with van der Waals surface area (Å²) in [5.41, 5.74) is 0.672. The molecule has 0 atom stereocenters. The van der Waals surface area contributed by atoms with E-state index in [4.69, 9.17) is 16.3 Å². The molecule has 2 heterocycles. The minimum Gasteiger partial charge on any atom is -0.480 e. The Labute approximate surface area is 181 Å². The summed E-state index contributed by atoms with van der Waals surface area (Å²) in [6.07, 6.45) is 2.79. The number of benzene rings is 2.